The van der Waals surface area contributed by atoms with E-state index in [1.807, 2.05) is 41.0 Å². The Morgan fingerprint density at radius 3 is 2.88 bits per heavy atom. The zero-order chi connectivity index (χ0) is 23.6. The molecule has 4 aliphatic rings. The lowest BCUT2D eigenvalue weighted by atomic mass is 10.0. The summed E-state index contributed by atoms with van der Waals surface area (Å²) in [7, 11) is 0. The van der Waals surface area contributed by atoms with Gasteiger partial charge in [0.1, 0.15) is 6.04 Å². The lowest BCUT2D eigenvalue weighted by molar-refractivity contribution is -0.142. The van der Waals surface area contributed by atoms with Crippen molar-refractivity contribution in [1.82, 2.24) is 35.3 Å². The fraction of sp³-hybridized carbons (Fsp3) is 0.583. The van der Waals surface area contributed by atoms with E-state index in [0.717, 1.165) is 36.9 Å². The minimum atomic E-state index is -0.282. The second-order valence-corrected chi connectivity index (χ2v) is 10.2. The van der Waals surface area contributed by atoms with Crippen LogP contribution in [-0.4, -0.2) is 84.4 Å². The van der Waals surface area contributed by atoms with Gasteiger partial charge < -0.3 is 9.80 Å². The van der Waals surface area contributed by atoms with Crippen LogP contribution >= 0.6 is 0 Å². The minimum absolute atomic E-state index is 0.0651. The Balaban J connectivity index is 1.12. The molecule has 1 aromatic carbocycles. The summed E-state index contributed by atoms with van der Waals surface area (Å²) in [5.74, 6) is 1.02. The molecule has 1 N–H and O–H groups in total. The Labute approximate surface area is 197 Å². The Bertz CT molecular complexity index is 1160. The molecular formula is C24H28N8O2. The summed E-state index contributed by atoms with van der Waals surface area (Å²) < 4.78 is 0. The fourth-order valence-corrected chi connectivity index (χ4v) is 6.35. The van der Waals surface area contributed by atoms with Crippen LogP contribution in [0.2, 0.25) is 0 Å². The number of fused-ring (bicyclic) bond motifs is 3. The number of carbonyl (C=O) groups is 2. The third kappa shape index (κ3) is 3.29. The second kappa shape index (κ2) is 7.87. The van der Waals surface area contributed by atoms with E-state index in [2.05, 4.69) is 38.5 Å². The minimum Gasteiger partial charge on any atom is -0.330 e. The van der Waals surface area contributed by atoms with Crippen LogP contribution in [0.4, 0.5) is 0 Å². The van der Waals surface area contributed by atoms with E-state index in [1.54, 1.807) is 0 Å². The maximum absolute atomic E-state index is 13.4. The molecule has 34 heavy (non-hydrogen) atoms. The third-order valence-electron chi connectivity index (χ3n) is 8.14. The molecule has 4 heterocycles. The first-order chi connectivity index (χ1) is 16.5. The zero-order valence-electron chi connectivity index (χ0n) is 19.3. The Morgan fingerprint density at radius 2 is 2.15 bits per heavy atom. The van der Waals surface area contributed by atoms with Crippen LogP contribution < -0.4 is 0 Å². The number of carbonyl (C=O) groups excluding carboxylic acids is 2. The van der Waals surface area contributed by atoms with E-state index < -0.39 is 0 Å². The molecular weight excluding hydrogens is 432 g/mol. The molecule has 1 unspecified atom stereocenters. The predicted octanol–water partition coefficient (Wildman–Crippen LogP) is 1.36. The summed E-state index contributed by atoms with van der Waals surface area (Å²) >= 11 is 0. The van der Waals surface area contributed by atoms with Crippen molar-refractivity contribution >= 4 is 11.8 Å². The number of aromatic nitrogens is 4. The molecule has 10 heteroatoms. The van der Waals surface area contributed by atoms with E-state index in [1.165, 1.54) is 0 Å². The van der Waals surface area contributed by atoms with Gasteiger partial charge in [0, 0.05) is 36.7 Å². The van der Waals surface area contributed by atoms with Crippen LogP contribution in [0.15, 0.2) is 24.3 Å². The highest BCUT2D eigenvalue weighted by Crippen LogP contribution is 2.48. The smallest absolute Gasteiger partial charge is 0.240 e. The first-order valence-corrected chi connectivity index (χ1v) is 12.1. The first kappa shape index (κ1) is 21.2. The van der Waals surface area contributed by atoms with Crippen molar-refractivity contribution in [3.63, 3.8) is 0 Å². The number of rotatable bonds is 6. The van der Waals surface area contributed by atoms with Gasteiger partial charge in [0.25, 0.3) is 0 Å². The first-order valence-electron chi connectivity index (χ1n) is 12.1. The van der Waals surface area contributed by atoms with E-state index in [-0.39, 0.29) is 47.9 Å². The van der Waals surface area contributed by atoms with Crippen molar-refractivity contribution in [3.05, 3.63) is 29.8 Å². The van der Waals surface area contributed by atoms with Gasteiger partial charge in [0.2, 0.25) is 17.6 Å². The van der Waals surface area contributed by atoms with Crippen LogP contribution in [0, 0.1) is 23.2 Å². The summed E-state index contributed by atoms with van der Waals surface area (Å²) in [4.78, 5) is 32.5. The number of hydrogen-bond acceptors (Lipinski definition) is 7. The lowest BCUT2D eigenvalue weighted by Gasteiger charge is -2.38. The molecule has 4 fully saturated rings. The fourth-order valence-electron chi connectivity index (χ4n) is 6.35. The van der Waals surface area contributed by atoms with Crippen molar-refractivity contribution in [2.24, 2.45) is 11.8 Å². The number of likely N-dealkylation sites (tertiary alicyclic amines) is 3. The quantitative estimate of drug-likeness (QED) is 0.691. The number of hydrogen-bond donors (Lipinski definition) is 1. The Kier molecular flexibility index (Phi) is 4.92. The van der Waals surface area contributed by atoms with Gasteiger partial charge in [-0.25, -0.2) is 0 Å². The number of nitriles is 1. The Morgan fingerprint density at radius 1 is 1.29 bits per heavy atom. The number of nitrogens with one attached hydrogen (secondary N) is 1. The lowest BCUT2D eigenvalue weighted by Crippen LogP contribution is -2.53. The number of H-pyrrole nitrogens is 1. The van der Waals surface area contributed by atoms with Crippen LogP contribution in [-0.2, 0) is 9.59 Å². The second-order valence-electron chi connectivity index (χ2n) is 10.2. The molecule has 2 bridgehead atoms. The highest BCUT2D eigenvalue weighted by atomic mass is 16.2. The van der Waals surface area contributed by atoms with Crippen molar-refractivity contribution in [3.8, 4) is 17.5 Å². The molecule has 176 valence electrons. The monoisotopic (exact) mass is 460 g/mol. The molecule has 2 aromatic rings. The SMILES string of the molecule is C[C@H](c1cccc(-c2nn[nH]n2)c1)N1C(=O)[C@@H]2C[C@H]1CN2C[C@H](C)C(=O)N1C2C[C@H]2C[C@H]1C#N. The molecule has 2 amide bonds. The highest BCUT2D eigenvalue weighted by Gasteiger charge is 2.55. The predicted molar refractivity (Wildman–Crippen MR) is 121 cm³/mol. The van der Waals surface area contributed by atoms with Crippen LogP contribution in [0.1, 0.15) is 44.7 Å². The molecule has 10 nitrogen and oxygen atoms in total. The van der Waals surface area contributed by atoms with Gasteiger partial charge in [-0.2, -0.15) is 10.5 Å². The van der Waals surface area contributed by atoms with Gasteiger partial charge in [0.05, 0.1) is 18.2 Å². The van der Waals surface area contributed by atoms with Crippen molar-refractivity contribution < 1.29 is 9.59 Å². The van der Waals surface area contributed by atoms with E-state index in [9.17, 15) is 14.9 Å². The number of amides is 2. The van der Waals surface area contributed by atoms with E-state index in [0.29, 0.717) is 18.3 Å². The van der Waals surface area contributed by atoms with Gasteiger partial charge in [-0.05, 0) is 48.9 Å². The molecule has 1 saturated carbocycles. The van der Waals surface area contributed by atoms with Gasteiger partial charge in [-0.1, -0.05) is 25.1 Å². The summed E-state index contributed by atoms with van der Waals surface area (Å²) in [6.07, 6.45) is 2.64. The van der Waals surface area contributed by atoms with Crippen molar-refractivity contribution in [2.45, 2.75) is 63.3 Å². The van der Waals surface area contributed by atoms with Gasteiger partial charge in [0.15, 0.2) is 0 Å². The molecule has 3 saturated heterocycles. The zero-order valence-corrected chi connectivity index (χ0v) is 19.3. The van der Waals surface area contributed by atoms with Crippen LogP contribution in [0.25, 0.3) is 11.4 Å². The summed E-state index contributed by atoms with van der Waals surface area (Å²) in [6.45, 7) is 5.34. The molecule has 0 radical (unpaired) electrons. The summed E-state index contributed by atoms with van der Waals surface area (Å²) in [6, 6.07) is 10.1. The normalized spacial score (nSPS) is 31.4. The highest BCUT2D eigenvalue weighted by molar-refractivity contribution is 5.86. The molecule has 0 spiro atoms. The van der Waals surface area contributed by atoms with E-state index >= 15 is 0 Å². The topological polar surface area (TPSA) is 122 Å². The number of benzene rings is 1. The number of piperidine rings is 1. The number of nitrogens with zero attached hydrogens (tertiary/aromatic N) is 7. The molecule has 3 aliphatic heterocycles. The molecule has 6 rings (SSSR count). The molecule has 7 atom stereocenters. The molecule has 1 aliphatic carbocycles. The van der Waals surface area contributed by atoms with E-state index in [4.69, 9.17) is 0 Å². The van der Waals surface area contributed by atoms with Crippen molar-refractivity contribution in [1.29, 1.82) is 5.26 Å². The standard InChI is InChI=1S/C24H28N8O2/c1-13(23(33)32-18(10-25)7-17-8-20(17)32)11-30-12-19-9-21(30)24(34)31(19)14(2)15-4-3-5-16(6-15)22-26-28-29-27-22/h3-6,13-14,17-21H,7-9,11-12H2,1-2H3,(H,26,27,28,29)/t13-,14+,17+,18-,19-,20?,21-/m0/s1. The van der Waals surface area contributed by atoms with Crippen LogP contribution in [0.3, 0.4) is 0 Å². The average Bonchev–Trinajstić information content (AvgIpc) is 3.28. The largest absolute Gasteiger partial charge is 0.330 e. The maximum atomic E-state index is 13.4. The third-order valence-corrected chi connectivity index (χ3v) is 8.14. The summed E-state index contributed by atoms with van der Waals surface area (Å²) in [5, 5.41) is 23.6. The number of piperazine rings is 1. The summed E-state index contributed by atoms with van der Waals surface area (Å²) in [5.41, 5.74) is 1.90. The van der Waals surface area contributed by atoms with Crippen LogP contribution in [0.5, 0.6) is 0 Å². The Hall–Kier alpha value is -3.32. The maximum Gasteiger partial charge on any atom is 0.240 e. The number of tetrazole rings is 1. The number of aromatic amines is 1. The average molecular weight is 461 g/mol. The van der Waals surface area contributed by atoms with Gasteiger partial charge >= 0.3 is 0 Å². The molecule has 1 aromatic heterocycles. The van der Waals surface area contributed by atoms with Crippen molar-refractivity contribution in [2.75, 3.05) is 13.1 Å². The van der Waals surface area contributed by atoms with Gasteiger partial charge in [-0.3, -0.25) is 14.5 Å². The van der Waals surface area contributed by atoms with Gasteiger partial charge in [-0.15, -0.1) is 10.2 Å².